The van der Waals surface area contributed by atoms with Gasteiger partial charge < -0.3 is 0 Å². The fourth-order valence-corrected chi connectivity index (χ4v) is 4.83. The van der Waals surface area contributed by atoms with Gasteiger partial charge in [-0.05, 0) is 30.0 Å². The summed E-state index contributed by atoms with van der Waals surface area (Å²) in [5.41, 5.74) is 3.56. The van der Waals surface area contributed by atoms with Gasteiger partial charge in [0, 0.05) is 5.56 Å². The van der Waals surface area contributed by atoms with E-state index in [1.807, 2.05) is 84.9 Å². The lowest BCUT2D eigenvalue weighted by molar-refractivity contribution is -0.123. The Morgan fingerprint density at radius 2 is 1.34 bits per heavy atom. The van der Waals surface area contributed by atoms with Crippen molar-refractivity contribution < 1.29 is 9.59 Å². The van der Waals surface area contributed by atoms with Crippen LogP contribution >= 0.6 is 0 Å². The van der Waals surface area contributed by atoms with Crippen LogP contribution in [0.25, 0.3) is 0 Å². The third-order valence-corrected chi connectivity index (χ3v) is 6.43. The summed E-state index contributed by atoms with van der Waals surface area (Å²) in [6, 6.07) is 27.0. The number of rotatable bonds is 4. The van der Waals surface area contributed by atoms with Crippen LogP contribution in [0.3, 0.4) is 0 Å². The van der Waals surface area contributed by atoms with Crippen molar-refractivity contribution in [2.24, 2.45) is 4.99 Å². The van der Waals surface area contributed by atoms with Gasteiger partial charge in [-0.3, -0.25) is 14.6 Å². The average Bonchev–Trinajstić information content (AvgIpc) is 3.12. The van der Waals surface area contributed by atoms with E-state index in [1.54, 1.807) is 0 Å². The van der Waals surface area contributed by atoms with E-state index < -0.39 is 5.92 Å². The predicted octanol–water partition coefficient (Wildman–Crippen LogP) is 5.51. The van der Waals surface area contributed by atoms with Gasteiger partial charge in [-0.15, -0.1) is 0 Å². The first kappa shape index (κ1) is 20.4. The van der Waals surface area contributed by atoms with E-state index in [0.717, 1.165) is 42.4 Å². The van der Waals surface area contributed by atoms with E-state index in [4.69, 9.17) is 4.99 Å². The van der Waals surface area contributed by atoms with Crippen LogP contribution in [0.2, 0.25) is 0 Å². The Balaban J connectivity index is 1.57. The van der Waals surface area contributed by atoms with Crippen molar-refractivity contribution in [3.63, 3.8) is 0 Å². The van der Waals surface area contributed by atoms with Crippen molar-refractivity contribution in [3.05, 3.63) is 102 Å². The molecule has 0 aromatic heterocycles. The summed E-state index contributed by atoms with van der Waals surface area (Å²) in [6.45, 7) is 0. The number of hydrogen-bond acceptors (Lipinski definition) is 3. The number of benzene rings is 3. The largest absolute Gasteiger partial charge is 0.283 e. The molecular formula is C28H26N2O2. The topological polar surface area (TPSA) is 49.7 Å². The number of nitrogens with zero attached hydrogens (tertiary/aromatic N) is 2. The maximum absolute atomic E-state index is 14.0. The van der Waals surface area contributed by atoms with Crippen molar-refractivity contribution in [2.75, 3.05) is 4.90 Å². The Bertz CT molecular complexity index is 1110. The van der Waals surface area contributed by atoms with E-state index >= 15 is 0 Å². The Hall–Kier alpha value is -3.53. The molecule has 160 valence electrons. The molecule has 4 nitrogen and oxygen atoms in total. The van der Waals surface area contributed by atoms with Crippen LogP contribution in [0, 0.1) is 0 Å². The number of carbonyl (C=O) groups is 2. The molecule has 3 aromatic carbocycles. The molecule has 1 aliphatic heterocycles. The lowest BCUT2D eigenvalue weighted by atomic mass is 9.90. The van der Waals surface area contributed by atoms with Gasteiger partial charge in [-0.2, -0.15) is 0 Å². The van der Waals surface area contributed by atoms with Crippen LogP contribution in [0.1, 0.15) is 54.7 Å². The normalized spacial score (nSPS) is 17.7. The highest BCUT2D eigenvalue weighted by Crippen LogP contribution is 2.35. The second-order valence-electron chi connectivity index (χ2n) is 8.52. The standard InChI is InChI=1S/C28H26N2O2/c31-27(25(20-12-4-1-5-13-20)21-14-6-2-7-15-21)30-24-19-11-10-18-23(24)26(28(30)32)29-22-16-8-3-9-17-22/h1-2,4-7,10-15,18-19,22,25H,3,8-9,16-17H2. The van der Waals surface area contributed by atoms with Gasteiger partial charge in [0.1, 0.15) is 5.71 Å². The van der Waals surface area contributed by atoms with E-state index in [-0.39, 0.29) is 17.9 Å². The molecule has 1 saturated carbocycles. The van der Waals surface area contributed by atoms with Gasteiger partial charge in [0.15, 0.2) is 0 Å². The Kier molecular flexibility index (Phi) is 5.68. The molecule has 1 fully saturated rings. The van der Waals surface area contributed by atoms with Crippen molar-refractivity contribution in [3.8, 4) is 0 Å². The molecule has 0 N–H and O–H groups in total. The zero-order chi connectivity index (χ0) is 21.9. The third kappa shape index (κ3) is 3.77. The first-order valence-corrected chi connectivity index (χ1v) is 11.4. The molecule has 2 aliphatic rings. The first-order valence-electron chi connectivity index (χ1n) is 11.4. The molecule has 4 heteroatoms. The Labute approximate surface area is 188 Å². The molecule has 0 unspecified atom stereocenters. The Morgan fingerprint density at radius 3 is 1.97 bits per heavy atom. The van der Waals surface area contributed by atoms with E-state index in [0.29, 0.717) is 11.4 Å². The number of anilines is 1. The summed E-state index contributed by atoms with van der Waals surface area (Å²) in [5, 5.41) is 0. The van der Waals surface area contributed by atoms with Crippen molar-refractivity contribution in [1.82, 2.24) is 0 Å². The maximum atomic E-state index is 14.0. The summed E-state index contributed by atoms with van der Waals surface area (Å²) < 4.78 is 0. The number of aliphatic imine (C=N–C) groups is 1. The van der Waals surface area contributed by atoms with Gasteiger partial charge in [-0.1, -0.05) is 98.1 Å². The zero-order valence-electron chi connectivity index (χ0n) is 18.0. The van der Waals surface area contributed by atoms with Crippen LogP contribution in [-0.4, -0.2) is 23.6 Å². The molecule has 3 aromatic rings. The SMILES string of the molecule is O=C1C(=NC2CCCCC2)c2ccccc2N1C(=O)C(c1ccccc1)c1ccccc1. The van der Waals surface area contributed by atoms with Gasteiger partial charge in [-0.25, -0.2) is 4.90 Å². The minimum atomic E-state index is -0.566. The van der Waals surface area contributed by atoms with Crippen molar-refractivity contribution in [1.29, 1.82) is 0 Å². The number of imide groups is 1. The monoisotopic (exact) mass is 422 g/mol. The summed E-state index contributed by atoms with van der Waals surface area (Å²) in [6.07, 6.45) is 5.52. The number of hydrogen-bond donors (Lipinski definition) is 0. The molecule has 32 heavy (non-hydrogen) atoms. The lowest BCUT2D eigenvalue weighted by Gasteiger charge is -2.23. The molecule has 0 radical (unpaired) electrons. The van der Waals surface area contributed by atoms with Gasteiger partial charge >= 0.3 is 0 Å². The predicted molar refractivity (Wildman–Crippen MR) is 127 cm³/mol. The van der Waals surface area contributed by atoms with Crippen LogP contribution in [0.5, 0.6) is 0 Å². The van der Waals surface area contributed by atoms with Crippen LogP contribution < -0.4 is 4.90 Å². The van der Waals surface area contributed by atoms with Crippen LogP contribution in [0.15, 0.2) is 89.9 Å². The molecular weight excluding hydrogens is 396 g/mol. The second kappa shape index (κ2) is 8.91. The number of fused-ring (bicyclic) bond motifs is 1. The molecule has 1 aliphatic carbocycles. The van der Waals surface area contributed by atoms with Crippen molar-refractivity contribution >= 4 is 23.2 Å². The molecule has 0 atom stereocenters. The fraction of sp³-hybridized carbons (Fsp3) is 0.250. The quantitative estimate of drug-likeness (QED) is 0.556. The van der Waals surface area contributed by atoms with E-state index in [9.17, 15) is 9.59 Å². The van der Waals surface area contributed by atoms with Gasteiger partial charge in [0.2, 0.25) is 5.91 Å². The minimum absolute atomic E-state index is 0.157. The summed E-state index contributed by atoms with van der Waals surface area (Å²) in [5.74, 6) is -1.12. The summed E-state index contributed by atoms with van der Waals surface area (Å²) in [7, 11) is 0. The van der Waals surface area contributed by atoms with Crippen LogP contribution in [0.4, 0.5) is 5.69 Å². The second-order valence-corrected chi connectivity index (χ2v) is 8.52. The van der Waals surface area contributed by atoms with Crippen LogP contribution in [-0.2, 0) is 9.59 Å². The molecule has 1 heterocycles. The third-order valence-electron chi connectivity index (χ3n) is 6.43. The average molecular weight is 423 g/mol. The fourth-order valence-electron chi connectivity index (χ4n) is 4.83. The lowest BCUT2D eigenvalue weighted by Crippen LogP contribution is -2.40. The van der Waals surface area contributed by atoms with E-state index in [2.05, 4.69) is 0 Å². The summed E-state index contributed by atoms with van der Waals surface area (Å²) in [4.78, 5) is 33.8. The molecule has 5 rings (SSSR count). The molecule has 0 spiro atoms. The highest BCUT2D eigenvalue weighted by atomic mass is 16.2. The number of para-hydroxylation sites is 1. The molecule has 0 saturated heterocycles. The highest BCUT2D eigenvalue weighted by Gasteiger charge is 2.41. The minimum Gasteiger partial charge on any atom is -0.276 e. The van der Waals surface area contributed by atoms with Crippen molar-refractivity contribution in [2.45, 2.75) is 44.1 Å². The number of carbonyl (C=O) groups excluding carboxylic acids is 2. The molecule has 0 bridgehead atoms. The van der Waals surface area contributed by atoms with Gasteiger partial charge in [0.25, 0.3) is 5.91 Å². The summed E-state index contributed by atoms with van der Waals surface area (Å²) >= 11 is 0. The van der Waals surface area contributed by atoms with Gasteiger partial charge in [0.05, 0.1) is 17.6 Å². The highest BCUT2D eigenvalue weighted by molar-refractivity contribution is 6.58. The Morgan fingerprint density at radius 1 is 0.781 bits per heavy atom. The first-order chi connectivity index (χ1) is 15.7. The number of amides is 2. The van der Waals surface area contributed by atoms with E-state index in [1.165, 1.54) is 11.3 Å². The smallest absolute Gasteiger partial charge is 0.276 e. The molecule has 2 amide bonds. The zero-order valence-corrected chi connectivity index (χ0v) is 18.0. The maximum Gasteiger partial charge on any atom is 0.283 e.